The molecule has 29 heavy (non-hydrogen) atoms. The highest BCUT2D eigenvalue weighted by Gasteiger charge is 2.30. The van der Waals surface area contributed by atoms with E-state index in [0.29, 0.717) is 0 Å². The number of carbonyl (C=O) groups is 2. The largest absolute Gasteiger partial charge is 0.451 e. The van der Waals surface area contributed by atoms with Crippen molar-refractivity contribution in [1.29, 1.82) is 0 Å². The maximum atomic E-state index is 12.5. The summed E-state index contributed by atoms with van der Waals surface area (Å²) in [7, 11) is -4.04. The van der Waals surface area contributed by atoms with Crippen molar-refractivity contribution in [3.05, 3.63) is 46.8 Å². The van der Waals surface area contributed by atoms with Crippen molar-refractivity contribution in [3.63, 3.8) is 0 Å². The Hall–Kier alpha value is -2.72. The fraction of sp³-hybridized carbons (Fsp3) is 0.421. The zero-order chi connectivity index (χ0) is 21.8. The van der Waals surface area contributed by atoms with Crippen LogP contribution in [-0.4, -0.2) is 37.6 Å². The van der Waals surface area contributed by atoms with Gasteiger partial charge in [0.05, 0.1) is 0 Å². The van der Waals surface area contributed by atoms with E-state index < -0.39 is 34.0 Å². The van der Waals surface area contributed by atoms with Gasteiger partial charge in [-0.1, -0.05) is 35.0 Å². The number of sulfonamides is 1. The Kier molecular flexibility index (Phi) is 7.15. The van der Waals surface area contributed by atoms with Gasteiger partial charge < -0.3 is 14.6 Å². The van der Waals surface area contributed by atoms with Crippen molar-refractivity contribution in [2.24, 2.45) is 0 Å². The first-order valence-corrected chi connectivity index (χ1v) is 10.5. The molecule has 0 saturated carbocycles. The number of rotatable bonds is 8. The van der Waals surface area contributed by atoms with Crippen LogP contribution in [-0.2, 0) is 30.9 Å². The third kappa shape index (κ3) is 5.88. The lowest BCUT2D eigenvalue weighted by molar-refractivity contribution is -0.156. The molecule has 1 heterocycles. The number of ether oxygens (including phenoxy) is 1. The number of aromatic nitrogens is 1. The number of aryl methyl sites for hydroxylation is 3. The number of carbonyl (C=O) groups excluding carboxylic acids is 2. The first-order valence-electron chi connectivity index (χ1n) is 9.00. The van der Waals surface area contributed by atoms with Gasteiger partial charge >= 0.3 is 5.97 Å². The predicted molar refractivity (Wildman–Crippen MR) is 104 cm³/mol. The van der Waals surface area contributed by atoms with Gasteiger partial charge in [-0.3, -0.25) is 9.59 Å². The fourth-order valence-corrected chi connectivity index (χ4v) is 4.09. The molecule has 158 valence electrons. The molecule has 0 aliphatic rings. The van der Waals surface area contributed by atoms with Crippen LogP contribution in [0.2, 0.25) is 0 Å². The van der Waals surface area contributed by atoms with Crippen molar-refractivity contribution in [3.8, 4) is 0 Å². The summed E-state index contributed by atoms with van der Waals surface area (Å²) in [5, 5.41) is 6.27. The third-order valence-electron chi connectivity index (χ3n) is 4.17. The van der Waals surface area contributed by atoms with E-state index in [0.717, 1.165) is 11.1 Å². The Labute approximate surface area is 169 Å². The van der Waals surface area contributed by atoms with Crippen molar-refractivity contribution in [2.75, 3.05) is 0 Å². The fourth-order valence-electron chi connectivity index (χ4n) is 2.57. The highest BCUT2D eigenvalue weighted by molar-refractivity contribution is 7.89. The smallest absolute Gasteiger partial charge is 0.324 e. The van der Waals surface area contributed by atoms with Crippen LogP contribution in [0.4, 0.5) is 0 Å². The van der Waals surface area contributed by atoms with Crippen LogP contribution < -0.4 is 10.0 Å². The summed E-state index contributed by atoms with van der Waals surface area (Å²) >= 11 is 0. The Morgan fingerprint density at radius 2 is 1.76 bits per heavy atom. The zero-order valence-corrected chi connectivity index (χ0v) is 17.8. The second kappa shape index (κ2) is 9.19. The molecule has 10 heteroatoms. The van der Waals surface area contributed by atoms with Crippen molar-refractivity contribution in [1.82, 2.24) is 15.2 Å². The average molecular weight is 423 g/mol. The van der Waals surface area contributed by atoms with Crippen LogP contribution in [0.3, 0.4) is 0 Å². The van der Waals surface area contributed by atoms with E-state index in [9.17, 15) is 18.0 Å². The highest BCUT2D eigenvalue weighted by Crippen LogP contribution is 2.19. The molecule has 0 radical (unpaired) electrons. The van der Waals surface area contributed by atoms with E-state index >= 15 is 0 Å². The molecule has 2 aromatic rings. The molecule has 1 aromatic carbocycles. The van der Waals surface area contributed by atoms with Gasteiger partial charge in [0, 0.05) is 6.54 Å². The number of amides is 1. The second-order valence-corrected chi connectivity index (χ2v) is 8.43. The topological polar surface area (TPSA) is 128 Å². The molecule has 2 atom stereocenters. The first-order chi connectivity index (χ1) is 13.5. The molecule has 0 saturated heterocycles. The maximum absolute atomic E-state index is 12.5. The summed E-state index contributed by atoms with van der Waals surface area (Å²) in [6.45, 7) is 7.93. The summed E-state index contributed by atoms with van der Waals surface area (Å²) in [6.07, 6.45) is -1.08. The van der Waals surface area contributed by atoms with Gasteiger partial charge in [-0.25, -0.2) is 8.42 Å². The molecule has 0 unspecified atom stereocenters. The monoisotopic (exact) mass is 423 g/mol. The van der Waals surface area contributed by atoms with Gasteiger partial charge in [-0.05, 0) is 40.2 Å². The molecule has 2 N–H and O–H groups in total. The highest BCUT2D eigenvalue weighted by atomic mass is 32.2. The van der Waals surface area contributed by atoms with E-state index in [1.165, 1.54) is 27.7 Å². The summed E-state index contributed by atoms with van der Waals surface area (Å²) in [5.74, 6) is -1.25. The van der Waals surface area contributed by atoms with E-state index in [1.807, 2.05) is 31.2 Å². The van der Waals surface area contributed by atoms with Crippen LogP contribution in [0.25, 0.3) is 0 Å². The maximum Gasteiger partial charge on any atom is 0.324 e. The number of hydrogen-bond donors (Lipinski definition) is 2. The minimum atomic E-state index is -4.04. The molecule has 0 bridgehead atoms. The minimum absolute atomic E-state index is 0.111. The predicted octanol–water partition coefficient (Wildman–Crippen LogP) is 1.51. The first kappa shape index (κ1) is 22.6. The van der Waals surface area contributed by atoms with Crippen LogP contribution in [0.5, 0.6) is 0 Å². The molecular weight excluding hydrogens is 398 g/mol. The standard InChI is InChI=1S/C19H25N3O6S/c1-11-6-8-16(9-7-11)10-20-18(23)15(5)27-19(24)13(3)22-29(25,26)17-12(2)21-28-14(17)4/h6-9,13,15,22H,10H2,1-5H3,(H,20,23)/t13-,15+/m0/s1. The SMILES string of the molecule is Cc1ccc(CNC(=O)[C@@H](C)OC(=O)[C@H](C)NS(=O)(=O)c2c(C)noc2C)cc1. The Balaban J connectivity index is 1.90. The summed E-state index contributed by atoms with van der Waals surface area (Å²) in [6, 6.07) is 6.42. The average Bonchev–Trinajstić information content (AvgIpc) is 2.99. The molecular formula is C19H25N3O6S. The molecule has 0 aliphatic carbocycles. The van der Waals surface area contributed by atoms with Crippen molar-refractivity contribution < 1.29 is 27.3 Å². The van der Waals surface area contributed by atoms with E-state index in [1.54, 1.807) is 0 Å². The van der Waals surface area contributed by atoms with Crippen LogP contribution in [0, 0.1) is 20.8 Å². The number of hydrogen-bond acceptors (Lipinski definition) is 7. The number of nitrogens with zero attached hydrogens (tertiary/aromatic N) is 1. The van der Waals surface area contributed by atoms with E-state index in [-0.39, 0.29) is 22.9 Å². The van der Waals surface area contributed by atoms with Gasteiger partial charge in [0.25, 0.3) is 5.91 Å². The van der Waals surface area contributed by atoms with Gasteiger partial charge in [-0.2, -0.15) is 4.72 Å². The summed E-state index contributed by atoms with van der Waals surface area (Å²) in [4.78, 5) is 24.2. The Morgan fingerprint density at radius 3 is 2.31 bits per heavy atom. The zero-order valence-electron chi connectivity index (χ0n) is 17.0. The van der Waals surface area contributed by atoms with Crippen molar-refractivity contribution in [2.45, 2.75) is 58.2 Å². The van der Waals surface area contributed by atoms with Crippen LogP contribution in [0.15, 0.2) is 33.7 Å². The molecule has 0 aliphatic heterocycles. The molecule has 1 amide bonds. The second-order valence-electron chi connectivity index (χ2n) is 6.78. The molecule has 9 nitrogen and oxygen atoms in total. The van der Waals surface area contributed by atoms with E-state index in [4.69, 9.17) is 9.26 Å². The van der Waals surface area contributed by atoms with Gasteiger partial charge in [0.2, 0.25) is 10.0 Å². The van der Waals surface area contributed by atoms with Crippen molar-refractivity contribution >= 4 is 21.9 Å². The van der Waals surface area contributed by atoms with Gasteiger partial charge in [0.1, 0.15) is 16.6 Å². The summed E-state index contributed by atoms with van der Waals surface area (Å²) < 4.78 is 37.1. The summed E-state index contributed by atoms with van der Waals surface area (Å²) in [5.41, 5.74) is 2.19. The third-order valence-corrected chi connectivity index (χ3v) is 5.96. The van der Waals surface area contributed by atoms with Gasteiger partial charge in [0.15, 0.2) is 11.9 Å². The van der Waals surface area contributed by atoms with Crippen LogP contribution in [0.1, 0.15) is 36.4 Å². The molecule has 0 spiro atoms. The normalized spacial score (nSPS) is 13.6. The quantitative estimate of drug-likeness (QED) is 0.616. The number of nitrogens with one attached hydrogen (secondary N) is 2. The molecule has 2 rings (SSSR count). The number of esters is 1. The lowest BCUT2D eigenvalue weighted by Crippen LogP contribution is -2.43. The Bertz CT molecular complexity index is 962. The number of benzene rings is 1. The molecule has 0 fully saturated rings. The Morgan fingerprint density at radius 1 is 1.14 bits per heavy atom. The van der Waals surface area contributed by atoms with E-state index in [2.05, 4.69) is 15.2 Å². The van der Waals surface area contributed by atoms with Crippen LogP contribution >= 0.6 is 0 Å². The van der Waals surface area contributed by atoms with Gasteiger partial charge in [-0.15, -0.1) is 0 Å². The lowest BCUT2D eigenvalue weighted by Gasteiger charge is -2.17. The lowest BCUT2D eigenvalue weighted by atomic mass is 10.1. The molecule has 1 aromatic heterocycles. The minimum Gasteiger partial charge on any atom is -0.451 e.